The van der Waals surface area contributed by atoms with Crippen molar-refractivity contribution in [3.63, 3.8) is 0 Å². The molecule has 0 aromatic heterocycles. The Morgan fingerprint density at radius 1 is 0.338 bits per heavy atom. The second-order valence-corrected chi connectivity index (χ2v) is 18.8. The Morgan fingerprint density at radius 2 is 0.691 bits per heavy atom. The fourth-order valence-corrected chi connectivity index (χ4v) is 7.86. The second kappa shape index (κ2) is 58.1. The maximum atomic E-state index is 12.8. The number of rotatable bonds is 52. The Balaban J connectivity index is 4.35. The van der Waals surface area contributed by atoms with Gasteiger partial charge in [0.25, 0.3) is 0 Å². The summed E-state index contributed by atoms with van der Waals surface area (Å²) in [6, 6.07) is 0. The van der Waals surface area contributed by atoms with Crippen LogP contribution in [0.2, 0.25) is 0 Å². The van der Waals surface area contributed by atoms with Crippen molar-refractivity contribution in [3.05, 3.63) is 97.2 Å². The number of esters is 2. The Labute approximate surface area is 422 Å². The van der Waals surface area contributed by atoms with Crippen molar-refractivity contribution in [1.29, 1.82) is 0 Å². The lowest BCUT2D eigenvalue weighted by Crippen LogP contribution is -2.30. The van der Waals surface area contributed by atoms with Gasteiger partial charge in [-0.05, 0) is 89.9 Å². The van der Waals surface area contributed by atoms with Gasteiger partial charge < -0.3 is 14.2 Å². The Bertz CT molecular complexity index is 1300. The number of allylic oxidation sites excluding steroid dienone is 16. The van der Waals surface area contributed by atoms with Gasteiger partial charge in [0, 0.05) is 19.4 Å². The van der Waals surface area contributed by atoms with Crippen LogP contribution in [-0.2, 0) is 23.8 Å². The van der Waals surface area contributed by atoms with Crippen molar-refractivity contribution >= 4 is 11.9 Å². The third-order valence-electron chi connectivity index (χ3n) is 12.1. The van der Waals surface area contributed by atoms with Gasteiger partial charge >= 0.3 is 11.9 Å². The Hall–Kier alpha value is -3.18. The molecule has 0 radical (unpaired) electrons. The van der Waals surface area contributed by atoms with Gasteiger partial charge in [-0.25, -0.2) is 0 Å². The third-order valence-corrected chi connectivity index (χ3v) is 12.1. The SMILES string of the molecule is CC/C=C\C/C=C\C/C=C\C/C=C\C/C=C\C/C=C\CCC(=O)OCC(COCCCCCCCCCCCC/C=C\C/C=C\CCCCC)OC(=O)CCCCCCCCCCCCCCC. The molecule has 68 heavy (non-hydrogen) atoms. The topological polar surface area (TPSA) is 61.8 Å². The summed E-state index contributed by atoms with van der Waals surface area (Å²) >= 11 is 0. The van der Waals surface area contributed by atoms with Crippen molar-refractivity contribution < 1.29 is 23.8 Å². The van der Waals surface area contributed by atoms with Crippen LogP contribution in [0.3, 0.4) is 0 Å². The molecule has 1 atom stereocenters. The van der Waals surface area contributed by atoms with Crippen LogP contribution in [0.4, 0.5) is 0 Å². The minimum absolute atomic E-state index is 0.0421. The normalized spacial score (nSPS) is 12.9. The molecule has 0 rings (SSSR count). The molecule has 0 saturated carbocycles. The molecule has 5 heteroatoms. The summed E-state index contributed by atoms with van der Waals surface area (Å²) in [5.74, 6) is -0.491. The van der Waals surface area contributed by atoms with Crippen LogP contribution in [0.5, 0.6) is 0 Å². The van der Waals surface area contributed by atoms with Crippen molar-refractivity contribution in [2.24, 2.45) is 0 Å². The summed E-state index contributed by atoms with van der Waals surface area (Å²) in [4.78, 5) is 25.5. The van der Waals surface area contributed by atoms with E-state index in [1.54, 1.807) is 0 Å². The van der Waals surface area contributed by atoms with Crippen molar-refractivity contribution in [2.45, 2.75) is 271 Å². The number of hydrogen-bond donors (Lipinski definition) is 0. The van der Waals surface area contributed by atoms with Gasteiger partial charge in [-0.3, -0.25) is 9.59 Å². The fourth-order valence-electron chi connectivity index (χ4n) is 7.86. The minimum Gasteiger partial charge on any atom is -0.462 e. The first-order valence-electron chi connectivity index (χ1n) is 28.8. The van der Waals surface area contributed by atoms with E-state index < -0.39 is 6.10 Å². The molecule has 0 fully saturated rings. The zero-order valence-corrected chi connectivity index (χ0v) is 44.8. The third kappa shape index (κ3) is 55.4. The quantitative estimate of drug-likeness (QED) is 0.0345. The van der Waals surface area contributed by atoms with Gasteiger partial charge in [-0.15, -0.1) is 0 Å². The molecule has 0 aromatic rings. The molecule has 0 aliphatic carbocycles. The second-order valence-electron chi connectivity index (χ2n) is 18.8. The smallest absolute Gasteiger partial charge is 0.306 e. The molecule has 0 spiro atoms. The van der Waals surface area contributed by atoms with Crippen LogP contribution < -0.4 is 0 Å². The number of ether oxygens (including phenoxy) is 3. The lowest BCUT2D eigenvalue weighted by Gasteiger charge is -2.18. The van der Waals surface area contributed by atoms with E-state index in [1.807, 2.05) is 6.08 Å². The van der Waals surface area contributed by atoms with Crippen molar-refractivity contribution in [3.8, 4) is 0 Å². The summed E-state index contributed by atoms with van der Waals surface area (Å²) in [5.41, 5.74) is 0. The van der Waals surface area contributed by atoms with Gasteiger partial charge in [-0.2, -0.15) is 0 Å². The molecule has 0 heterocycles. The van der Waals surface area contributed by atoms with E-state index >= 15 is 0 Å². The van der Waals surface area contributed by atoms with Gasteiger partial charge in [-0.1, -0.05) is 259 Å². The summed E-state index contributed by atoms with van der Waals surface area (Å²) in [6.07, 6.45) is 78.7. The number of unbranched alkanes of at least 4 members (excludes halogenated alkanes) is 25. The van der Waals surface area contributed by atoms with Crippen LogP contribution in [0.15, 0.2) is 97.2 Å². The molecule has 0 N–H and O–H groups in total. The highest BCUT2D eigenvalue weighted by molar-refractivity contribution is 5.70. The van der Waals surface area contributed by atoms with Crippen molar-refractivity contribution in [2.75, 3.05) is 19.8 Å². The van der Waals surface area contributed by atoms with Crippen LogP contribution in [-0.4, -0.2) is 37.9 Å². The van der Waals surface area contributed by atoms with Crippen LogP contribution >= 0.6 is 0 Å². The first-order chi connectivity index (χ1) is 33.6. The van der Waals surface area contributed by atoms with Crippen LogP contribution in [0.25, 0.3) is 0 Å². The van der Waals surface area contributed by atoms with E-state index in [4.69, 9.17) is 14.2 Å². The highest BCUT2D eigenvalue weighted by Gasteiger charge is 2.17. The maximum Gasteiger partial charge on any atom is 0.306 e. The highest BCUT2D eigenvalue weighted by atomic mass is 16.6. The Kier molecular flexibility index (Phi) is 55.4. The molecular weight excluding hydrogens is 837 g/mol. The molecule has 0 aliphatic heterocycles. The molecule has 0 amide bonds. The van der Waals surface area contributed by atoms with Crippen LogP contribution in [0.1, 0.15) is 265 Å². The standard InChI is InChI=1S/C63H108O5/c1-4-7-10-13-16-19-22-25-27-29-31-33-35-37-40-43-46-49-52-55-58-66-59-61(68-63(65)57-54-51-48-45-42-38-24-21-18-15-12-9-6-3)60-67-62(64)56-53-50-47-44-41-39-36-34-32-30-28-26-23-20-17-14-11-8-5-2/h8,11,16-17,19-20,25-28,32,34,39,41,47,50,61H,4-7,9-10,12-15,18,21-24,29-31,33,35-38,40,42-46,48-49,51-60H2,1-3H3/b11-8-,19-16-,20-17-,27-25-,28-26-,34-32-,41-39-,50-47-. The van der Waals surface area contributed by atoms with Crippen LogP contribution in [0, 0.1) is 0 Å². The number of carbonyl (C=O) groups is 2. The molecule has 0 bridgehead atoms. The monoisotopic (exact) mass is 945 g/mol. The highest BCUT2D eigenvalue weighted by Crippen LogP contribution is 2.15. The van der Waals surface area contributed by atoms with E-state index in [1.165, 1.54) is 154 Å². The molecule has 390 valence electrons. The van der Waals surface area contributed by atoms with E-state index in [0.29, 0.717) is 25.9 Å². The zero-order valence-electron chi connectivity index (χ0n) is 44.8. The first-order valence-corrected chi connectivity index (χ1v) is 28.8. The maximum absolute atomic E-state index is 12.8. The summed E-state index contributed by atoms with van der Waals surface area (Å²) in [7, 11) is 0. The summed E-state index contributed by atoms with van der Waals surface area (Å²) < 4.78 is 17.4. The van der Waals surface area contributed by atoms with Crippen molar-refractivity contribution in [1.82, 2.24) is 0 Å². The van der Waals surface area contributed by atoms with Gasteiger partial charge in [0.15, 0.2) is 6.10 Å². The lowest BCUT2D eigenvalue weighted by molar-refractivity contribution is -0.162. The number of hydrogen-bond acceptors (Lipinski definition) is 5. The first kappa shape index (κ1) is 64.8. The average Bonchev–Trinajstić information content (AvgIpc) is 3.34. The molecule has 0 aromatic carbocycles. The van der Waals surface area contributed by atoms with E-state index in [9.17, 15) is 9.59 Å². The Morgan fingerprint density at radius 3 is 1.15 bits per heavy atom. The van der Waals surface area contributed by atoms with E-state index in [0.717, 1.165) is 70.6 Å². The molecule has 0 aliphatic rings. The molecule has 0 saturated heterocycles. The largest absolute Gasteiger partial charge is 0.462 e. The average molecular weight is 946 g/mol. The predicted octanol–water partition coefficient (Wildman–Crippen LogP) is 19.8. The predicted molar refractivity (Wildman–Crippen MR) is 297 cm³/mol. The summed E-state index contributed by atoms with van der Waals surface area (Å²) in [5, 5.41) is 0. The summed E-state index contributed by atoms with van der Waals surface area (Å²) in [6.45, 7) is 7.62. The molecule has 5 nitrogen and oxygen atoms in total. The van der Waals surface area contributed by atoms with E-state index in [2.05, 4.69) is 112 Å². The van der Waals surface area contributed by atoms with Gasteiger partial charge in [0.2, 0.25) is 0 Å². The molecule has 1 unspecified atom stereocenters. The van der Waals surface area contributed by atoms with Gasteiger partial charge in [0.1, 0.15) is 6.61 Å². The fraction of sp³-hybridized carbons (Fsp3) is 0.714. The zero-order chi connectivity index (χ0) is 49.2. The number of carbonyl (C=O) groups excluding carboxylic acids is 2. The lowest BCUT2D eigenvalue weighted by atomic mass is 10.0. The minimum atomic E-state index is -0.572. The van der Waals surface area contributed by atoms with Gasteiger partial charge in [0.05, 0.1) is 6.61 Å². The molecular formula is C63H108O5. The van der Waals surface area contributed by atoms with E-state index in [-0.39, 0.29) is 25.2 Å².